The lowest BCUT2D eigenvalue weighted by atomic mass is 10.2. The number of benzene rings is 1. The van der Waals surface area contributed by atoms with E-state index in [-0.39, 0.29) is 5.69 Å². The molecule has 0 unspecified atom stereocenters. The predicted octanol–water partition coefficient (Wildman–Crippen LogP) is 1.64. The maximum atomic E-state index is 10.8. The molecule has 0 amide bonds. The molecule has 5 nitrogen and oxygen atoms in total. The molecule has 70 valence electrons. The van der Waals surface area contributed by atoms with Gasteiger partial charge in [-0.15, -0.1) is 4.91 Å². The van der Waals surface area contributed by atoms with Crippen molar-refractivity contribution < 1.29 is 13.0 Å². The summed E-state index contributed by atoms with van der Waals surface area (Å²) in [6.07, 6.45) is 0. The molecule has 0 aromatic heterocycles. The van der Waals surface area contributed by atoms with E-state index in [4.69, 9.17) is 4.55 Å². The summed E-state index contributed by atoms with van der Waals surface area (Å²) in [5.74, 6) is 0. The van der Waals surface area contributed by atoms with E-state index in [9.17, 15) is 13.3 Å². The Labute approximate surface area is 75.1 Å². The van der Waals surface area contributed by atoms with Gasteiger partial charge in [0.25, 0.3) is 10.1 Å². The molecular formula is C7H7NO4S. The molecule has 0 aliphatic carbocycles. The summed E-state index contributed by atoms with van der Waals surface area (Å²) in [4.78, 5) is 9.77. The summed E-state index contributed by atoms with van der Waals surface area (Å²) in [6.45, 7) is 1.47. The van der Waals surface area contributed by atoms with Gasteiger partial charge in [0, 0.05) is 0 Å². The van der Waals surface area contributed by atoms with Gasteiger partial charge >= 0.3 is 0 Å². The van der Waals surface area contributed by atoms with E-state index in [1.54, 1.807) is 0 Å². The van der Waals surface area contributed by atoms with Gasteiger partial charge in [0.2, 0.25) is 0 Å². The second-order valence-corrected chi connectivity index (χ2v) is 3.85. The molecule has 1 aromatic carbocycles. The SMILES string of the molecule is Cc1cccc(N=O)c1S(=O)(=O)O. The molecule has 0 saturated heterocycles. The average Bonchev–Trinajstić information content (AvgIpc) is 2.01. The Hall–Kier alpha value is -1.27. The molecule has 1 aromatic rings. The van der Waals surface area contributed by atoms with Crippen LogP contribution in [-0.2, 0) is 10.1 Å². The van der Waals surface area contributed by atoms with Crippen LogP contribution in [0, 0.1) is 11.8 Å². The van der Waals surface area contributed by atoms with Crippen LogP contribution in [0.25, 0.3) is 0 Å². The zero-order valence-corrected chi connectivity index (χ0v) is 7.58. The quantitative estimate of drug-likeness (QED) is 0.582. The molecule has 0 aliphatic heterocycles. The molecule has 0 heterocycles. The smallest absolute Gasteiger partial charge is 0.282 e. The van der Waals surface area contributed by atoms with E-state index in [0.717, 1.165) is 0 Å². The van der Waals surface area contributed by atoms with Gasteiger partial charge in [-0.05, 0) is 23.7 Å². The first kappa shape index (κ1) is 9.82. The molecule has 0 radical (unpaired) electrons. The molecule has 0 aliphatic rings. The van der Waals surface area contributed by atoms with Gasteiger partial charge in [-0.1, -0.05) is 12.1 Å². The number of rotatable bonds is 2. The Morgan fingerprint density at radius 3 is 2.38 bits per heavy atom. The van der Waals surface area contributed by atoms with E-state index >= 15 is 0 Å². The lowest BCUT2D eigenvalue weighted by Crippen LogP contribution is -2.00. The van der Waals surface area contributed by atoms with Crippen LogP contribution in [0.4, 0.5) is 5.69 Å². The van der Waals surface area contributed by atoms with Gasteiger partial charge in [0.05, 0.1) is 0 Å². The lowest BCUT2D eigenvalue weighted by Gasteiger charge is -2.02. The summed E-state index contributed by atoms with van der Waals surface area (Å²) >= 11 is 0. The van der Waals surface area contributed by atoms with Crippen LogP contribution >= 0.6 is 0 Å². The Morgan fingerprint density at radius 1 is 1.38 bits per heavy atom. The monoisotopic (exact) mass is 201 g/mol. The fraction of sp³-hybridized carbons (Fsp3) is 0.143. The van der Waals surface area contributed by atoms with Crippen LogP contribution in [0.15, 0.2) is 28.3 Å². The van der Waals surface area contributed by atoms with E-state index in [2.05, 4.69) is 5.18 Å². The summed E-state index contributed by atoms with van der Waals surface area (Å²) < 4.78 is 30.3. The first-order chi connectivity index (χ1) is 5.96. The van der Waals surface area contributed by atoms with E-state index in [1.807, 2.05) is 0 Å². The van der Waals surface area contributed by atoms with Crippen LogP contribution < -0.4 is 0 Å². The summed E-state index contributed by atoms with van der Waals surface area (Å²) in [5, 5.41) is 2.51. The second-order valence-electron chi connectivity index (χ2n) is 2.49. The van der Waals surface area contributed by atoms with Crippen molar-refractivity contribution >= 4 is 15.8 Å². The topological polar surface area (TPSA) is 83.8 Å². The third kappa shape index (κ3) is 1.90. The minimum atomic E-state index is -4.37. The minimum absolute atomic E-state index is 0.275. The standard InChI is InChI=1S/C7H7NO4S/c1-5-3-2-4-6(8-9)7(5)13(10,11)12/h2-4H,1H3,(H,10,11,12). The Balaban J connectivity index is 3.59. The predicted molar refractivity (Wildman–Crippen MR) is 46.4 cm³/mol. The molecule has 6 heteroatoms. The molecule has 0 spiro atoms. The lowest BCUT2D eigenvalue weighted by molar-refractivity contribution is 0.483. The summed E-state index contributed by atoms with van der Waals surface area (Å²) in [6, 6.07) is 4.18. The highest BCUT2D eigenvalue weighted by atomic mass is 32.2. The van der Waals surface area contributed by atoms with Crippen molar-refractivity contribution in [2.45, 2.75) is 11.8 Å². The number of aryl methyl sites for hydroxylation is 1. The Morgan fingerprint density at radius 2 is 2.00 bits per heavy atom. The highest BCUT2D eigenvalue weighted by molar-refractivity contribution is 7.86. The van der Waals surface area contributed by atoms with E-state index < -0.39 is 15.0 Å². The molecular weight excluding hydrogens is 194 g/mol. The minimum Gasteiger partial charge on any atom is -0.282 e. The third-order valence-electron chi connectivity index (χ3n) is 1.55. The zero-order valence-electron chi connectivity index (χ0n) is 6.76. The van der Waals surface area contributed by atoms with Crippen molar-refractivity contribution in [3.8, 4) is 0 Å². The number of nitrogens with zero attached hydrogens (tertiary/aromatic N) is 1. The molecule has 0 bridgehead atoms. The van der Waals surface area contributed by atoms with Crippen molar-refractivity contribution in [2.75, 3.05) is 0 Å². The van der Waals surface area contributed by atoms with E-state index in [0.29, 0.717) is 5.56 Å². The Bertz CT molecular complexity index is 438. The van der Waals surface area contributed by atoms with Crippen LogP contribution in [0.2, 0.25) is 0 Å². The van der Waals surface area contributed by atoms with Crippen LogP contribution in [-0.4, -0.2) is 13.0 Å². The first-order valence-corrected chi connectivity index (χ1v) is 4.81. The Kier molecular flexibility index (Phi) is 2.44. The third-order valence-corrected chi connectivity index (χ3v) is 2.59. The van der Waals surface area contributed by atoms with Crippen molar-refractivity contribution in [1.82, 2.24) is 0 Å². The van der Waals surface area contributed by atoms with Crippen molar-refractivity contribution in [3.05, 3.63) is 28.7 Å². The largest absolute Gasteiger partial charge is 0.297 e. The molecule has 0 atom stereocenters. The van der Waals surface area contributed by atoms with Gasteiger partial charge in [-0.25, -0.2) is 0 Å². The van der Waals surface area contributed by atoms with Crippen LogP contribution in [0.1, 0.15) is 5.56 Å². The molecule has 13 heavy (non-hydrogen) atoms. The van der Waals surface area contributed by atoms with Gasteiger partial charge < -0.3 is 0 Å². The molecule has 0 saturated carbocycles. The zero-order chi connectivity index (χ0) is 10.1. The number of hydrogen-bond acceptors (Lipinski definition) is 4. The maximum Gasteiger partial charge on any atom is 0.297 e. The fourth-order valence-electron chi connectivity index (χ4n) is 1.04. The second kappa shape index (κ2) is 3.23. The fourth-order valence-corrected chi connectivity index (χ4v) is 1.89. The van der Waals surface area contributed by atoms with Gasteiger partial charge in [0.15, 0.2) is 0 Å². The van der Waals surface area contributed by atoms with Gasteiger partial charge in [0.1, 0.15) is 10.6 Å². The van der Waals surface area contributed by atoms with Crippen LogP contribution in [0.5, 0.6) is 0 Å². The summed E-state index contributed by atoms with van der Waals surface area (Å²) in [5.41, 5.74) is 0.0158. The van der Waals surface area contributed by atoms with Crippen molar-refractivity contribution in [1.29, 1.82) is 0 Å². The van der Waals surface area contributed by atoms with Crippen LogP contribution in [0.3, 0.4) is 0 Å². The first-order valence-electron chi connectivity index (χ1n) is 3.37. The van der Waals surface area contributed by atoms with Gasteiger partial charge in [-0.2, -0.15) is 8.42 Å². The molecule has 0 fully saturated rings. The highest BCUT2D eigenvalue weighted by Crippen LogP contribution is 2.26. The van der Waals surface area contributed by atoms with E-state index in [1.165, 1.54) is 25.1 Å². The maximum absolute atomic E-state index is 10.8. The van der Waals surface area contributed by atoms with Crippen molar-refractivity contribution in [2.24, 2.45) is 5.18 Å². The van der Waals surface area contributed by atoms with Crippen molar-refractivity contribution in [3.63, 3.8) is 0 Å². The summed E-state index contributed by atoms with van der Waals surface area (Å²) in [7, 11) is -4.37. The molecule has 1 rings (SSSR count). The van der Waals surface area contributed by atoms with Gasteiger partial charge in [-0.3, -0.25) is 4.55 Å². The number of nitroso groups, excluding NO2 is 1. The number of hydrogen-bond donors (Lipinski definition) is 1. The average molecular weight is 201 g/mol. The normalized spacial score (nSPS) is 11.2. The molecule has 1 N–H and O–H groups in total. The highest BCUT2D eigenvalue weighted by Gasteiger charge is 2.18.